The van der Waals surface area contributed by atoms with E-state index in [4.69, 9.17) is 0 Å². The Hall–Kier alpha value is -1.17. The zero-order chi connectivity index (χ0) is 10.7. The van der Waals surface area contributed by atoms with Crippen molar-refractivity contribution in [3.63, 3.8) is 0 Å². The molecule has 6 heteroatoms. The van der Waals surface area contributed by atoms with E-state index in [1.165, 1.54) is 7.05 Å². The predicted octanol–water partition coefficient (Wildman–Crippen LogP) is 2.48. The van der Waals surface area contributed by atoms with E-state index in [2.05, 4.69) is 26.6 Å². The van der Waals surface area contributed by atoms with E-state index in [9.17, 15) is 13.6 Å². The Labute approximate surface area is 87.6 Å². The molecule has 14 heavy (non-hydrogen) atoms. The van der Waals surface area contributed by atoms with Gasteiger partial charge in [0.15, 0.2) is 0 Å². The van der Waals surface area contributed by atoms with Crippen LogP contribution in [0.5, 0.6) is 0 Å². The second-order valence-corrected chi connectivity index (χ2v) is 3.30. The van der Waals surface area contributed by atoms with Gasteiger partial charge in [0, 0.05) is 13.1 Å². The van der Waals surface area contributed by atoms with Crippen molar-refractivity contribution in [3.8, 4) is 0 Å². The van der Waals surface area contributed by atoms with E-state index in [0.717, 1.165) is 12.1 Å². The maximum absolute atomic E-state index is 13.1. The molecule has 0 spiro atoms. The monoisotopic (exact) mass is 264 g/mol. The predicted molar refractivity (Wildman–Crippen MR) is 52.1 cm³/mol. The largest absolute Gasteiger partial charge is 0.341 e. The van der Waals surface area contributed by atoms with Crippen LogP contribution in [0.4, 0.5) is 19.3 Å². The summed E-state index contributed by atoms with van der Waals surface area (Å²) in [5, 5.41) is 4.37. The molecule has 0 unspecified atom stereocenters. The van der Waals surface area contributed by atoms with Gasteiger partial charge >= 0.3 is 6.03 Å². The average molecular weight is 265 g/mol. The molecular weight excluding hydrogens is 258 g/mol. The van der Waals surface area contributed by atoms with Crippen LogP contribution in [0, 0.1) is 11.6 Å². The second kappa shape index (κ2) is 4.36. The molecule has 0 aliphatic carbocycles. The first kappa shape index (κ1) is 10.9. The minimum absolute atomic E-state index is 0.0115. The van der Waals surface area contributed by atoms with Gasteiger partial charge in [-0.25, -0.2) is 13.6 Å². The highest BCUT2D eigenvalue weighted by Gasteiger charge is 2.09. The van der Waals surface area contributed by atoms with Crippen LogP contribution < -0.4 is 10.6 Å². The molecular formula is C8H7BrF2N2O. The third-order valence-corrected chi connectivity index (χ3v) is 2.09. The van der Waals surface area contributed by atoms with Gasteiger partial charge in [-0.15, -0.1) is 0 Å². The number of benzene rings is 1. The van der Waals surface area contributed by atoms with E-state index in [0.29, 0.717) is 0 Å². The molecule has 76 valence electrons. The van der Waals surface area contributed by atoms with E-state index in [1.807, 2.05) is 0 Å². The number of halogens is 3. The zero-order valence-corrected chi connectivity index (χ0v) is 8.78. The van der Waals surface area contributed by atoms with Crippen LogP contribution in [0.2, 0.25) is 0 Å². The van der Waals surface area contributed by atoms with Crippen LogP contribution in [0.25, 0.3) is 0 Å². The summed E-state index contributed by atoms with van der Waals surface area (Å²) in [7, 11) is 1.38. The standard InChI is InChI=1S/C8H7BrF2N2O/c1-12-8(14)13-7-3-5(10)4(9)2-6(7)11/h2-3H,1H3,(H2,12,13,14). The molecule has 1 aromatic rings. The maximum Gasteiger partial charge on any atom is 0.319 e. The molecule has 0 bridgehead atoms. The van der Waals surface area contributed by atoms with Crippen molar-refractivity contribution in [2.75, 3.05) is 12.4 Å². The average Bonchev–Trinajstić information content (AvgIpc) is 2.14. The van der Waals surface area contributed by atoms with E-state index < -0.39 is 17.7 Å². The molecule has 1 aromatic carbocycles. The number of hydrogen-bond acceptors (Lipinski definition) is 1. The SMILES string of the molecule is CNC(=O)Nc1cc(F)c(Br)cc1F. The Bertz CT molecular complexity index is 371. The van der Waals surface area contributed by atoms with Gasteiger partial charge in [0.2, 0.25) is 0 Å². The molecule has 0 saturated carbocycles. The van der Waals surface area contributed by atoms with Crippen molar-refractivity contribution in [2.45, 2.75) is 0 Å². The van der Waals surface area contributed by atoms with Gasteiger partial charge in [-0.05, 0) is 22.0 Å². The van der Waals surface area contributed by atoms with Crippen molar-refractivity contribution in [1.82, 2.24) is 5.32 Å². The van der Waals surface area contributed by atoms with Gasteiger partial charge in [-0.3, -0.25) is 0 Å². The number of carbonyl (C=O) groups is 1. The summed E-state index contributed by atoms with van der Waals surface area (Å²) >= 11 is 2.82. The lowest BCUT2D eigenvalue weighted by Gasteiger charge is -2.06. The first-order valence-electron chi connectivity index (χ1n) is 3.68. The minimum Gasteiger partial charge on any atom is -0.341 e. The molecule has 2 amide bonds. The third-order valence-electron chi connectivity index (χ3n) is 1.49. The molecule has 0 saturated heterocycles. The second-order valence-electron chi connectivity index (χ2n) is 2.45. The lowest BCUT2D eigenvalue weighted by Crippen LogP contribution is -2.25. The molecule has 0 atom stereocenters. The summed E-state index contributed by atoms with van der Waals surface area (Å²) in [4.78, 5) is 10.8. The van der Waals surface area contributed by atoms with Crippen LogP contribution >= 0.6 is 15.9 Å². The van der Waals surface area contributed by atoms with Crippen LogP contribution in [0.3, 0.4) is 0 Å². The molecule has 2 N–H and O–H groups in total. The highest BCUT2D eigenvalue weighted by Crippen LogP contribution is 2.23. The maximum atomic E-state index is 13.1. The van der Waals surface area contributed by atoms with Crippen molar-refractivity contribution in [3.05, 3.63) is 28.2 Å². The summed E-state index contributed by atoms with van der Waals surface area (Å²) in [5.41, 5.74) is -0.204. The zero-order valence-electron chi connectivity index (χ0n) is 7.20. The summed E-state index contributed by atoms with van der Waals surface area (Å²) < 4.78 is 26.0. The number of rotatable bonds is 1. The lowest BCUT2D eigenvalue weighted by molar-refractivity contribution is 0.254. The minimum atomic E-state index is -0.707. The van der Waals surface area contributed by atoms with Gasteiger partial charge in [0.25, 0.3) is 0 Å². The Kier molecular flexibility index (Phi) is 3.40. The van der Waals surface area contributed by atoms with Gasteiger partial charge in [-0.2, -0.15) is 0 Å². The Morgan fingerprint density at radius 1 is 1.36 bits per heavy atom. The third kappa shape index (κ3) is 2.41. The lowest BCUT2D eigenvalue weighted by atomic mass is 10.3. The Balaban J connectivity index is 2.98. The quantitative estimate of drug-likeness (QED) is 0.752. The summed E-state index contributed by atoms with van der Waals surface area (Å²) in [6.45, 7) is 0. The first-order chi connectivity index (χ1) is 6.54. The van der Waals surface area contributed by atoms with Crippen molar-refractivity contribution in [1.29, 1.82) is 0 Å². The van der Waals surface area contributed by atoms with Crippen LogP contribution in [0.1, 0.15) is 0 Å². The molecule has 0 aromatic heterocycles. The molecule has 0 fully saturated rings. The van der Waals surface area contributed by atoms with Crippen molar-refractivity contribution >= 4 is 27.6 Å². The van der Waals surface area contributed by atoms with Crippen LogP contribution in [0.15, 0.2) is 16.6 Å². The first-order valence-corrected chi connectivity index (χ1v) is 4.47. The molecule has 0 radical (unpaired) electrons. The van der Waals surface area contributed by atoms with Crippen molar-refractivity contribution in [2.24, 2.45) is 0 Å². The fourth-order valence-electron chi connectivity index (χ4n) is 0.803. The van der Waals surface area contributed by atoms with Crippen LogP contribution in [-0.2, 0) is 0 Å². The van der Waals surface area contributed by atoms with Crippen molar-refractivity contribution < 1.29 is 13.6 Å². The Morgan fingerprint density at radius 3 is 2.57 bits per heavy atom. The van der Waals surface area contributed by atoms with Gasteiger partial charge < -0.3 is 10.6 Å². The molecule has 3 nitrogen and oxygen atoms in total. The summed E-state index contributed by atoms with van der Waals surface area (Å²) in [6.07, 6.45) is 0. The number of urea groups is 1. The van der Waals surface area contributed by atoms with E-state index >= 15 is 0 Å². The summed E-state index contributed by atoms with van der Waals surface area (Å²) in [6, 6.07) is 1.24. The number of anilines is 1. The smallest absolute Gasteiger partial charge is 0.319 e. The van der Waals surface area contributed by atoms with Gasteiger partial charge in [0.05, 0.1) is 10.2 Å². The number of nitrogens with one attached hydrogen (secondary N) is 2. The van der Waals surface area contributed by atoms with E-state index in [1.54, 1.807) is 0 Å². The normalized spacial score (nSPS) is 9.71. The number of hydrogen-bond donors (Lipinski definition) is 2. The summed E-state index contributed by atoms with van der Waals surface area (Å²) in [5.74, 6) is -1.35. The molecule has 0 aliphatic rings. The van der Waals surface area contributed by atoms with E-state index in [-0.39, 0.29) is 10.2 Å². The van der Waals surface area contributed by atoms with Gasteiger partial charge in [0.1, 0.15) is 11.6 Å². The highest BCUT2D eigenvalue weighted by atomic mass is 79.9. The molecule has 0 heterocycles. The Morgan fingerprint density at radius 2 is 2.00 bits per heavy atom. The fraction of sp³-hybridized carbons (Fsp3) is 0.125. The van der Waals surface area contributed by atoms with Gasteiger partial charge in [-0.1, -0.05) is 0 Å². The topological polar surface area (TPSA) is 41.1 Å². The number of carbonyl (C=O) groups excluding carboxylic acids is 1. The molecule has 0 aliphatic heterocycles. The number of amides is 2. The highest BCUT2D eigenvalue weighted by molar-refractivity contribution is 9.10. The fourth-order valence-corrected chi connectivity index (χ4v) is 1.12. The molecule has 1 rings (SSSR count). The van der Waals surface area contributed by atoms with Crippen LogP contribution in [-0.4, -0.2) is 13.1 Å².